The van der Waals surface area contributed by atoms with Gasteiger partial charge in [0.25, 0.3) is 3.91 Å². The minimum Gasteiger partial charge on any atom is -0.302 e. The van der Waals surface area contributed by atoms with Crippen LogP contribution in [0.5, 0.6) is 0 Å². The maximum absolute atomic E-state index is 12.5. The number of halogens is 2. The number of carbonyl (C=O) groups excluding carboxylic acids is 1. The molecule has 0 atom stereocenters. The first-order valence-corrected chi connectivity index (χ1v) is 4.26. The molecule has 12 heavy (non-hydrogen) atoms. The highest BCUT2D eigenvalue weighted by molar-refractivity contribution is 14.1. The number of hydrogen-bond acceptors (Lipinski definition) is 2. The van der Waals surface area contributed by atoms with Crippen LogP contribution in [0.2, 0.25) is 0 Å². The zero-order chi connectivity index (χ0) is 9.14. The zero-order valence-corrected chi connectivity index (χ0v) is 8.42. The molecule has 0 unspecified atom stereocenters. The van der Waals surface area contributed by atoms with Gasteiger partial charge in [-0.2, -0.15) is 0 Å². The van der Waals surface area contributed by atoms with Gasteiger partial charge in [0.1, 0.15) is 11.6 Å². The number of hydrogen-bond donors (Lipinski definition) is 1. The summed E-state index contributed by atoms with van der Waals surface area (Å²) in [7, 11) is 0. The Balaban J connectivity index is 2.93. The van der Waals surface area contributed by atoms with Crippen LogP contribution >= 0.6 is 22.6 Å². The summed E-state index contributed by atoms with van der Waals surface area (Å²) in [6.45, 7) is 1.68. The Bertz CT molecular complexity index is 316. The number of rotatable bonds is 1. The topological polar surface area (TPSA) is 42.0 Å². The predicted molar refractivity (Wildman–Crippen MR) is 52.0 cm³/mol. The van der Waals surface area contributed by atoms with Crippen molar-refractivity contribution in [1.29, 1.82) is 0 Å². The maximum atomic E-state index is 12.5. The maximum Gasteiger partial charge on any atom is 0.286 e. The Hall–Kier alpha value is -0.720. The molecule has 0 aliphatic carbocycles. The van der Waals surface area contributed by atoms with Gasteiger partial charge >= 0.3 is 0 Å². The lowest BCUT2D eigenvalue weighted by atomic mass is 10.3. The fraction of sp³-hybridized carbons (Fsp3) is 0.143. The van der Waals surface area contributed by atoms with Gasteiger partial charge in [-0.15, -0.1) is 0 Å². The third-order valence-electron chi connectivity index (χ3n) is 1.26. The molecular weight excluding hydrogens is 274 g/mol. The fourth-order valence-electron chi connectivity index (χ4n) is 0.764. The van der Waals surface area contributed by atoms with E-state index in [0.717, 1.165) is 6.20 Å². The smallest absolute Gasteiger partial charge is 0.286 e. The highest BCUT2D eigenvalue weighted by Gasteiger charge is 2.02. The largest absolute Gasteiger partial charge is 0.302 e. The van der Waals surface area contributed by atoms with Crippen LogP contribution in [0.25, 0.3) is 0 Å². The van der Waals surface area contributed by atoms with Crippen LogP contribution in [0.3, 0.4) is 0 Å². The molecule has 0 radical (unpaired) electrons. The van der Waals surface area contributed by atoms with Crippen LogP contribution in [0.4, 0.5) is 15.0 Å². The number of nitrogens with one attached hydrogen (secondary N) is 1. The summed E-state index contributed by atoms with van der Waals surface area (Å²) in [5.74, 6) is -0.00485. The van der Waals surface area contributed by atoms with Gasteiger partial charge in [0.15, 0.2) is 0 Å². The summed E-state index contributed by atoms with van der Waals surface area (Å²) < 4.78 is 12.3. The van der Waals surface area contributed by atoms with Crippen molar-refractivity contribution in [2.75, 3.05) is 5.32 Å². The summed E-state index contributed by atoms with van der Waals surface area (Å²) in [5, 5.41) is 2.47. The molecule has 3 nitrogen and oxygen atoms in total. The number of nitrogens with zero attached hydrogens (tertiary/aromatic N) is 1. The van der Waals surface area contributed by atoms with E-state index in [1.807, 2.05) is 0 Å². The van der Waals surface area contributed by atoms with Gasteiger partial charge in [0.05, 0.1) is 6.20 Å². The van der Waals surface area contributed by atoms with Crippen LogP contribution < -0.4 is 5.32 Å². The van der Waals surface area contributed by atoms with Crippen molar-refractivity contribution in [1.82, 2.24) is 4.98 Å². The Labute approximate surface area is 82.5 Å². The highest BCUT2D eigenvalue weighted by Crippen LogP contribution is 2.12. The monoisotopic (exact) mass is 280 g/mol. The van der Waals surface area contributed by atoms with E-state index < -0.39 is 5.82 Å². The standard InChI is InChI=1S/C7H6FIN2O/c1-4-2-5(8)3-10-6(4)11-7(9)12/h2-3H,1H3,(H,10,11,12). The average molecular weight is 280 g/mol. The van der Waals surface area contributed by atoms with E-state index in [0.29, 0.717) is 11.4 Å². The Morgan fingerprint density at radius 1 is 1.75 bits per heavy atom. The van der Waals surface area contributed by atoms with E-state index in [1.165, 1.54) is 6.07 Å². The molecule has 0 bridgehead atoms. The number of aryl methyl sites for hydroxylation is 1. The molecule has 0 aromatic carbocycles. The molecular formula is C7H6FIN2O. The molecule has 1 rings (SSSR count). The molecule has 1 N–H and O–H groups in total. The molecule has 0 aliphatic heterocycles. The van der Waals surface area contributed by atoms with Gasteiger partial charge in [-0.25, -0.2) is 9.37 Å². The predicted octanol–water partition coefficient (Wildman–Crippen LogP) is 2.50. The van der Waals surface area contributed by atoms with Crippen LogP contribution in [0, 0.1) is 12.7 Å². The van der Waals surface area contributed by atoms with Crippen LogP contribution in [0.1, 0.15) is 5.56 Å². The van der Waals surface area contributed by atoms with Gasteiger partial charge in [-0.1, -0.05) is 0 Å². The summed E-state index contributed by atoms with van der Waals surface area (Å²) in [4.78, 5) is 14.3. The molecule has 0 saturated heterocycles. The van der Waals surface area contributed by atoms with E-state index in [9.17, 15) is 9.18 Å². The highest BCUT2D eigenvalue weighted by atomic mass is 127. The molecule has 64 valence electrons. The quantitative estimate of drug-likeness (QED) is 0.488. The SMILES string of the molecule is Cc1cc(F)cnc1NC(=O)I. The minimum absolute atomic E-state index is 0.241. The molecule has 1 heterocycles. The second kappa shape index (κ2) is 3.79. The number of pyridine rings is 1. The van der Waals surface area contributed by atoms with Gasteiger partial charge in [-0.3, -0.25) is 4.79 Å². The average Bonchev–Trinajstić information content (AvgIpc) is 1.94. The molecule has 1 amide bonds. The lowest BCUT2D eigenvalue weighted by Gasteiger charge is -2.02. The first-order valence-electron chi connectivity index (χ1n) is 3.18. The van der Waals surface area contributed by atoms with E-state index in [1.54, 1.807) is 29.5 Å². The number of aromatic nitrogens is 1. The molecule has 1 aromatic heterocycles. The van der Waals surface area contributed by atoms with Crippen molar-refractivity contribution in [2.24, 2.45) is 0 Å². The summed E-state index contributed by atoms with van der Waals surface area (Å²) in [5.41, 5.74) is 0.611. The normalized spacial score (nSPS) is 9.58. The lowest BCUT2D eigenvalue weighted by molar-refractivity contribution is 0.271. The Kier molecular flexibility index (Phi) is 2.96. The van der Waals surface area contributed by atoms with Crippen molar-refractivity contribution >= 4 is 32.3 Å². The van der Waals surface area contributed by atoms with Gasteiger partial charge in [0.2, 0.25) is 0 Å². The van der Waals surface area contributed by atoms with Gasteiger partial charge < -0.3 is 5.32 Å². The zero-order valence-electron chi connectivity index (χ0n) is 6.27. The fourth-order valence-corrected chi connectivity index (χ4v) is 1.02. The van der Waals surface area contributed by atoms with E-state index in [-0.39, 0.29) is 3.91 Å². The minimum atomic E-state index is -0.404. The van der Waals surface area contributed by atoms with E-state index in [4.69, 9.17) is 0 Å². The number of anilines is 1. The number of carbonyl (C=O) groups is 1. The van der Waals surface area contributed by atoms with E-state index >= 15 is 0 Å². The Morgan fingerprint density at radius 3 is 2.92 bits per heavy atom. The first-order chi connectivity index (χ1) is 5.59. The molecule has 0 aliphatic rings. The van der Waals surface area contributed by atoms with Crippen molar-refractivity contribution < 1.29 is 9.18 Å². The Morgan fingerprint density at radius 2 is 2.42 bits per heavy atom. The lowest BCUT2D eigenvalue weighted by Crippen LogP contribution is -2.04. The van der Waals surface area contributed by atoms with E-state index in [2.05, 4.69) is 10.3 Å². The summed E-state index contributed by atoms with van der Waals surface area (Å²) >= 11 is 1.59. The van der Waals surface area contributed by atoms with Crippen LogP contribution in [0.15, 0.2) is 12.3 Å². The van der Waals surface area contributed by atoms with Crippen molar-refractivity contribution in [3.8, 4) is 0 Å². The van der Waals surface area contributed by atoms with Crippen LogP contribution in [-0.2, 0) is 0 Å². The molecule has 0 fully saturated rings. The molecule has 0 spiro atoms. The third kappa shape index (κ3) is 2.40. The summed E-state index contributed by atoms with van der Waals surface area (Å²) in [6.07, 6.45) is 1.06. The molecule has 5 heteroatoms. The molecule has 0 saturated carbocycles. The van der Waals surface area contributed by atoms with Gasteiger partial charge in [0, 0.05) is 22.6 Å². The third-order valence-corrected chi connectivity index (χ3v) is 1.53. The van der Waals surface area contributed by atoms with Crippen molar-refractivity contribution in [3.05, 3.63) is 23.6 Å². The summed E-state index contributed by atoms with van der Waals surface area (Å²) in [6, 6.07) is 1.31. The second-order valence-corrected chi connectivity index (χ2v) is 3.20. The second-order valence-electron chi connectivity index (χ2n) is 2.22. The van der Waals surface area contributed by atoms with Gasteiger partial charge in [-0.05, 0) is 18.6 Å². The van der Waals surface area contributed by atoms with Crippen molar-refractivity contribution in [2.45, 2.75) is 6.92 Å². The van der Waals surface area contributed by atoms with Crippen LogP contribution in [-0.4, -0.2) is 8.90 Å². The van der Waals surface area contributed by atoms with Crippen molar-refractivity contribution in [3.63, 3.8) is 0 Å². The molecule has 1 aromatic rings. The number of amides is 1. The first kappa shape index (κ1) is 9.37.